The third-order valence-corrected chi connectivity index (χ3v) is 4.52. The largest absolute Gasteiger partial charge is 0.489 e. The molecule has 4 heteroatoms. The molecule has 0 aliphatic heterocycles. The van der Waals surface area contributed by atoms with Crippen LogP contribution >= 0.6 is 0 Å². The number of nitrogens with zero attached hydrogens (tertiary/aromatic N) is 1. The van der Waals surface area contributed by atoms with Crippen LogP contribution in [0.15, 0.2) is 66.7 Å². The summed E-state index contributed by atoms with van der Waals surface area (Å²) in [6.45, 7) is 4.51. The van der Waals surface area contributed by atoms with Crippen LogP contribution in [0.4, 0.5) is 0 Å². The maximum absolute atomic E-state index is 11.4. The van der Waals surface area contributed by atoms with Crippen molar-refractivity contribution in [2.45, 2.75) is 32.9 Å². The molecular weight excluding hydrogens is 326 g/mol. The average molecular weight is 349 g/mol. The van der Waals surface area contributed by atoms with Gasteiger partial charge >= 0.3 is 5.97 Å². The molecule has 1 N–H and O–H groups in total. The van der Waals surface area contributed by atoms with Crippen molar-refractivity contribution in [3.63, 3.8) is 0 Å². The van der Waals surface area contributed by atoms with Gasteiger partial charge < -0.3 is 14.4 Å². The summed E-state index contributed by atoms with van der Waals surface area (Å²) in [6, 6.07) is 21.5. The van der Waals surface area contributed by atoms with Crippen molar-refractivity contribution in [3.05, 3.63) is 89.2 Å². The van der Waals surface area contributed by atoms with Crippen molar-refractivity contribution in [2.24, 2.45) is 0 Å². The molecule has 0 radical (unpaired) electrons. The normalized spacial score (nSPS) is 11.9. The average Bonchev–Trinajstić information content (AvgIpc) is 2.98. The molecule has 3 rings (SSSR count). The predicted octanol–water partition coefficient (Wildman–Crippen LogP) is 4.75. The lowest BCUT2D eigenvalue weighted by molar-refractivity contribution is -0.137. The molecule has 0 aliphatic carbocycles. The highest BCUT2D eigenvalue weighted by molar-refractivity contribution is 5.68. The number of hydrogen-bond donors (Lipinski definition) is 1. The first-order valence-electron chi connectivity index (χ1n) is 8.67. The smallest absolute Gasteiger partial charge is 0.305 e. The Bertz CT molecular complexity index is 847. The van der Waals surface area contributed by atoms with Crippen LogP contribution in [0.25, 0.3) is 0 Å². The van der Waals surface area contributed by atoms with Crippen LogP contribution in [0.5, 0.6) is 5.75 Å². The van der Waals surface area contributed by atoms with Gasteiger partial charge in [0, 0.05) is 11.4 Å². The van der Waals surface area contributed by atoms with E-state index in [2.05, 4.69) is 4.57 Å². The van der Waals surface area contributed by atoms with Gasteiger partial charge in [0.25, 0.3) is 0 Å². The number of aryl methyl sites for hydroxylation is 2. The fourth-order valence-corrected chi connectivity index (χ4v) is 3.22. The van der Waals surface area contributed by atoms with Gasteiger partial charge in [-0.05, 0) is 49.2 Å². The molecule has 0 aliphatic rings. The van der Waals surface area contributed by atoms with Crippen LogP contribution in [0, 0.1) is 13.8 Å². The van der Waals surface area contributed by atoms with E-state index < -0.39 is 5.97 Å². The number of carboxylic acids is 1. The lowest BCUT2D eigenvalue weighted by atomic mass is 10.0. The highest BCUT2D eigenvalue weighted by Crippen LogP contribution is 2.28. The second kappa shape index (κ2) is 7.91. The Morgan fingerprint density at radius 2 is 1.58 bits per heavy atom. The predicted molar refractivity (Wildman–Crippen MR) is 102 cm³/mol. The van der Waals surface area contributed by atoms with Crippen LogP contribution in [-0.4, -0.2) is 15.6 Å². The monoisotopic (exact) mass is 349 g/mol. The van der Waals surface area contributed by atoms with Crippen LogP contribution in [0.3, 0.4) is 0 Å². The Morgan fingerprint density at radius 1 is 0.962 bits per heavy atom. The van der Waals surface area contributed by atoms with Crippen molar-refractivity contribution >= 4 is 5.97 Å². The fourth-order valence-electron chi connectivity index (χ4n) is 3.22. The van der Waals surface area contributed by atoms with Crippen molar-refractivity contribution in [1.29, 1.82) is 0 Å². The second-order valence-electron chi connectivity index (χ2n) is 6.44. The Kier molecular flexibility index (Phi) is 5.42. The first-order chi connectivity index (χ1) is 12.5. The molecule has 1 heterocycles. The number of hydrogen-bond acceptors (Lipinski definition) is 2. The van der Waals surface area contributed by atoms with Gasteiger partial charge in [-0.1, -0.05) is 42.5 Å². The van der Waals surface area contributed by atoms with E-state index >= 15 is 0 Å². The minimum absolute atomic E-state index is 0.0422. The van der Waals surface area contributed by atoms with Crippen molar-refractivity contribution < 1.29 is 14.6 Å². The lowest BCUT2D eigenvalue weighted by Crippen LogP contribution is -2.17. The van der Waals surface area contributed by atoms with Gasteiger partial charge in [0.15, 0.2) is 0 Å². The molecule has 0 spiro atoms. The van der Waals surface area contributed by atoms with Crippen molar-refractivity contribution in [1.82, 2.24) is 4.57 Å². The Hall–Kier alpha value is -3.01. The molecule has 0 amide bonds. The van der Waals surface area contributed by atoms with E-state index in [1.807, 2.05) is 80.6 Å². The first-order valence-corrected chi connectivity index (χ1v) is 8.67. The molecule has 4 nitrogen and oxygen atoms in total. The standard InChI is InChI=1S/C22H23NO3/c1-16-8-9-17(2)23(16)21(14-22(24)25)19-10-12-20(13-11-19)26-15-18-6-4-3-5-7-18/h3-13,21H,14-15H2,1-2H3,(H,24,25)/t21-/m0/s1. The molecule has 3 aromatic rings. The summed E-state index contributed by atoms with van der Waals surface area (Å²) in [5.74, 6) is -0.0421. The molecule has 134 valence electrons. The SMILES string of the molecule is Cc1ccc(C)n1[C@@H](CC(=O)O)c1ccc(OCc2ccccc2)cc1. The fraction of sp³-hybridized carbons (Fsp3) is 0.227. The Labute approximate surface area is 153 Å². The van der Waals surface area contributed by atoms with Gasteiger partial charge in [-0.3, -0.25) is 4.79 Å². The van der Waals surface area contributed by atoms with Gasteiger partial charge in [-0.25, -0.2) is 0 Å². The van der Waals surface area contributed by atoms with Crippen LogP contribution in [-0.2, 0) is 11.4 Å². The summed E-state index contributed by atoms with van der Waals surface area (Å²) in [5, 5.41) is 9.35. The number of rotatable bonds is 7. The van der Waals surface area contributed by atoms with Crippen LogP contribution < -0.4 is 4.74 Å². The topological polar surface area (TPSA) is 51.5 Å². The maximum Gasteiger partial charge on any atom is 0.305 e. The van der Waals surface area contributed by atoms with E-state index in [-0.39, 0.29) is 12.5 Å². The van der Waals surface area contributed by atoms with Gasteiger partial charge in [0.1, 0.15) is 12.4 Å². The summed E-state index contributed by atoms with van der Waals surface area (Å²) in [7, 11) is 0. The number of carboxylic acid groups (broad SMARTS) is 1. The molecule has 2 aromatic carbocycles. The molecule has 0 bridgehead atoms. The third kappa shape index (κ3) is 4.14. The minimum atomic E-state index is -0.813. The van der Waals surface area contributed by atoms with E-state index in [4.69, 9.17) is 4.74 Å². The Balaban J connectivity index is 1.79. The maximum atomic E-state index is 11.4. The van der Waals surface area contributed by atoms with Crippen molar-refractivity contribution in [2.75, 3.05) is 0 Å². The van der Waals surface area contributed by atoms with Gasteiger partial charge in [0.05, 0.1) is 12.5 Å². The Morgan fingerprint density at radius 3 is 2.15 bits per heavy atom. The van der Waals surface area contributed by atoms with E-state index in [1.165, 1.54) is 0 Å². The minimum Gasteiger partial charge on any atom is -0.489 e. The zero-order valence-electron chi connectivity index (χ0n) is 15.1. The summed E-state index contributed by atoms with van der Waals surface area (Å²) < 4.78 is 7.90. The highest BCUT2D eigenvalue weighted by atomic mass is 16.5. The zero-order chi connectivity index (χ0) is 18.5. The van der Waals surface area contributed by atoms with E-state index in [9.17, 15) is 9.90 Å². The summed E-state index contributed by atoms with van der Waals surface area (Å²) >= 11 is 0. The summed E-state index contributed by atoms with van der Waals surface area (Å²) in [4.78, 5) is 11.4. The molecule has 1 atom stereocenters. The van der Waals surface area contributed by atoms with Crippen molar-refractivity contribution in [3.8, 4) is 5.75 Å². The van der Waals surface area contributed by atoms with Gasteiger partial charge in [0.2, 0.25) is 0 Å². The highest BCUT2D eigenvalue weighted by Gasteiger charge is 2.20. The zero-order valence-corrected chi connectivity index (χ0v) is 15.1. The van der Waals surface area contributed by atoms with Gasteiger partial charge in [-0.2, -0.15) is 0 Å². The number of aliphatic carboxylic acids is 1. The number of benzene rings is 2. The second-order valence-corrected chi connectivity index (χ2v) is 6.44. The molecule has 0 saturated heterocycles. The quantitative estimate of drug-likeness (QED) is 0.670. The molecule has 26 heavy (non-hydrogen) atoms. The molecule has 0 fully saturated rings. The van der Waals surface area contributed by atoms with Crippen LogP contribution in [0.1, 0.15) is 35.0 Å². The number of carbonyl (C=O) groups is 1. The van der Waals surface area contributed by atoms with E-state index in [0.29, 0.717) is 6.61 Å². The van der Waals surface area contributed by atoms with Crippen LogP contribution in [0.2, 0.25) is 0 Å². The molecule has 1 aromatic heterocycles. The lowest BCUT2D eigenvalue weighted by Gasteiger charge is -2.22. The number of aromatic nitrogens is 1. The third-order valence-electron chi connectivity index (χ3n) is 4.52. The molecular formula is C22H23NO3. The van der Waals surface area contributed by atoms with Gasteiger partial charge in [-0.15, -0.1) is 0 Å². The molecule has 0 saturated carbocycles. The summed E-state index contributed by atoms with van der Waals surface area (Å²) in [6.07, 6.45) is 0.0422. The molecule has 0 unspecified atom stereocenters. The van der Waals surface area contributed by atoms with E-state index in [0.717, 1.165) is 28.3 Å². The summed E-state index contributed by atoms with van der Waals surface area (Å²) in [5.41, 5.74) is 4.18. The first kappa shape index (κ1) is 17.8. The van der Waals surface area contributed by atoms with E-state index in [1.54, 1.807) is 0 Å². The number of ether oxygens (including phenoxy) is 1.